The molecule has 0 spiro atoms. The minimum absolute atomic E-state index is 0.0394. The van der Waals surface area contributed by atoms with Gasteiger partial charge in [0.2, 0.25) is 0 Å². The molecular formula is C18H17F2NO4S. The predicted octanol–water partition coefficient (Wildman–Crippen LogP) is 2.43. The van der Waals surface area contributed by atoms with Crippen molar-refractivity contribution in [3.63, 3.8) is 0 Å². The fraction of sp³-hybridized carbons (Fsp3) is 0.222. The summed E-state index contributed by atoms with van der Waals surface area (Å²) in [6.07, 6.45) is 0.0394. The summed E-state index contributed by atoms with van der Waals surface area (Å²) in [7, 11) is -0.218. The molecule has 0 aliphatic rings. The molecular weight excluding hydrogens is 364 g/mol. The lowest BCUT2D eigenvalue weighted by Gasteiger charge is -2.16. The predicted molar refractivity (Wildman–Crippen MR) is 92.0 cm³/mol. The average molecular weight is 381 g/mol. The van der Waals surface area contributed by atoms with Gasteiger partial charge in [-0.1, -0.05) is 18.2 Å². The highest BCUT2D eigenvalue weighted by atomic mass is 32.2. The molecule has 0 heterocycles. The molecule has 0 aliphatic heterocycles. The number of hydrogen-bond donors (Lipinski definition) is 1. The SMILES string of the molecule is COC(=O)[C@@H](CC[S@@](=O)c1ccccc1)NC(=O)c1cc(F)cc(F)c1. The van der Waals surface area contributed by atoms with E-state index in [9.17, 15) is 22.6 Å². The molecule has 2 rings (SSSR count). The number of esters is 1. The number of hydrogen-bond acceptors (Lipinski definition) is 4. The summed E-state index contributed by atoms with van der Waals surface area (Å²) in [6.45, 7) is 0. The molecule has 2 aromatic carbocycles. The second kappa shape index (κ2) is 9.19. The number of amides is 1. The third-order valence-electron chi connectivity index (χ3n) is 3.51. The van der Waals surface area contributed by atoms with Crippen molar-refractivity contribution in [1.82, 2.24) is 5.32 Å². The van der Waals surface area contributed by atoms with Crippen molar-refractivity contribution in [2.75, 3.05) is 12.9 Å². The van der Waals surface area contributed by atoms with Gasteiger partial charge in [-0.05, 0) is 30.7 Å². The topological polar surface area (TPSA) is 72.5 Å². The van der Waals surface area contributed by atoms with Crippen LogP contribution in [0.25, 0.3) is 0 Å². The Kier molecular flexibility index (Phi) is 6.97. The maximum absolute atomic E-state index is 13.2. The molecule has 8 heteroatoms. The Morgan fingerprint density at radius 1 is 1.12 bits per heavy atom. The molecule has 1 amide bonds. The first kappa shape index (κ1) is 19.7. The van der Waals surface area contributed by atoms with E-state index in [0.29, 0.717) is 11.0 Å². The molecule has 0 bridgehead atoms. The van der Waals surface area contributed by atoms with Gasteiger partial charge in [0.05, 0.1) is 17.9 Å². The third-order valence-corrected chi connectivity index (χ3v) is 4.92. The average Bonchev–Trinajstić information content (AvgIpc) is 2.63. The molecule has 26 heavy (non-hydrogen) atoms. The van der Waals surface area contributed by atoms with E-state index in [1.54, 1.807) is 30.3 Å². The van der Waals surface area contributed by atoms with E-state index < -0.39 is 40.4 Å². The number of carbonyl (C=O) groups is 2. The standard InChI is InChI=1S/C18H17F2NO4S/c1-25-18(23)16(7-8-26(24)15-5-3-2-4-6-15)21-17(22)12-9-13(19)11-14(20)10-12/h2-6,9-11,16H,7-8H2,1H3,(H,21,22)/t16-,26-/m1/s1. The van der Waals surface area contributed by atoms with Crippen LogP contribution in [0.15, 0.2) is 53.4 Å². The molecule has 0 saturated carbocycles. The zero-order valence-corrected chi connectivity index (χ0v) is 14.7. The van der Waals surface area contributed by atoms with Crippen LogP contribution in [-0.4, -0.2) is 35.0 Å². The van der Waals surface area contributed by atoms with E-state index in [2.05, 4.69) is 10.1 Å². The molecule has 0 fully saturated rings. The van der Waals surface area contributed by atoms with Crippen molar-refractivity contribution in [2.45, 2.75) is 17.4 Å². The Balaban J connectivity index is 2.06. The number of carbonyl (C=O) groups excluding carboxylic acids is 2. The number of halogens is 2. The molecule has 0 aromatic heterocycles. The number of rotatable bonds is 7. The number of nitrogens with one attached hydrogen (secondary N) is 1. The third kappa shape index (κ3) is 5.45. The van der Waals surface area contributed by atoms with Crippen molar-refractivity contribution in [3.05, 3.63) is 65.7 Å². The first-order chi connectivity index (χ1) is 12.4. The van der Waals surface area contributed by atoms with Gasteiger partial charge < -0.3 is 10.1 Å². The van der Waals surface area contributed by atoms with Gasteiger partial charge in [-0.15, -0.1) is 0 Å². The molecule has 0 aliphatic carbocycles. The van der Waals surface area contributed by atoms with Gasteiger partial charge in [0.15, 0.2) is 0 Å². The number of ether oxygens (including phenoxy) is 1. The van der Waals surface area contributed by atoms with E-state index in [4.69, 9.17) is 0 Å². The molecule has 138 valence electrons. The summed E-state index contributed by atoms with van der Waals surface area (Å²) in [5.74, 6) is -3.28. The zero-order chi connectivity index (χ0) is 19.1. The van der Waals surface area contributed by atoms with E-state index >= 15 is 0 Å². The fourth-order valence-electron chi connectivity index (χ4n) is 2.23. The van der Waals surface area contributed by atoms with Gasteiger partial charge in [-0.2, -0.15) is 0 Å². The van der Waals surface area contributed by atoms with Crippen molar-refractivity contribution >= 4 is 22.7 Å². The van der Waals surface area contributed by atoms with Gasteiger partial charge in [0, 0.05) is 22.3 Å². The monoisotopic (exact) mass is 381 g/mol. The second-order valence-electron chi connectivity index (χ2n) is 5.36. The Morgan fingerprint density at radius 3 is 2.31 bits per heavy atom. The Labute approximate surface area is 151 Å². The van der Waals surface area contributed by atoms with Crippen molar-refractivity contribution < 1.29 is 27.3 Å². The van der Waals surface area contributed by atoms with Crippen LogP contribution < -0.4 is 5.32 Å². The van der Waals surface area contributed by atoms with E-state index in [0.717, 1.165) is 19.2 Å². The second-order valence-corrected chi connectivity index (χ2v) is 6.93. The van der Waals surface area contributed by atoms with E-state index in [1.807, 2.05) is 0 Å². The molecule has 0 radical (unpaired) electrons. The molecule has 0 saturated heterocycles. The maximum Gasteiger partial charge on any atom is 0.328 e. The van der Waals surface area contributed by atoms with Crippen LogP contribution >= 0.6 is 0 Å². The highest BCUT2D eigenvalue weighted by Crippen LogP contribution is 2.11. The highest BCUT2D eigenvalue weighted by molar-refractivity contribution is 7.85. The number of benzene rings is 2. The summed E-state index contributed by atoms with van der Waals surface area (Å²) in [5.41, 5.74) is -0.263. The minimum atomic E-state index is -1.37. The number of methoxy groups -OCH3 is 1. The quantitative estimate of drug-likeness (QED) is 0.748. The Hall–Kier alpha value is -2.61. The molecule has 5 nitrogen and oxygen atoms in total. The Morgan fingerprint density at radius 2 is 1.73 bits per heavy atom. The van der Waals surface area contributed by atoms with Crippen LogP contribution in [-0.2, 0) is 20.3 Å². The summed E-state index contributed by atoms with van der Waals surface area (Å²) in [5, 5.41) is 2.36. The summed E-state index contributed by atoms with van der Waals surface area (Å²) < 4.78 is 43.4. The van der Waals surface area contributed by atoms with Gasteiger partial charge in [0.25, 0.3) is 5.91 Å². The maximum atomic E-state index is 13.2. The minimum Gasteiger partial charge on any atom is -0.467 e. The molecule has 0 unspecified atom stereocenters. The molecule has 2 atom stereocenters. The largest absolute Gasteiger partial charge is 0.467 e. The molecule has 1 N–H and O–H groups in total. The fourth-order valence-corrected chi connectivity index (χ4v) is 3.38. The highest BCUT2D eigenvalue weighted by Gasteiger charge is 2.23. The lowest BCUT2D eigenvalue weighted by atomic mass is 10.1. The first-order valence-electron chi connectivity index (χ1n) is 7.69. The molecule has 2 aromatic rings. The zero-order valence-electron chi connectivity index (χ0n) is 13.9. The lowest BCUT2D eigenvalue weighted by Crippen LogP contribution is -2.42. The van der Waals surface area contributed by atoms with Crippen molar-refractivity contribution in [2.24, 2.45) is 0 Å². The van der Waals surface area contributed by atoms with Crippen LogP contribution in [0.4, 0.5) is 8.78 Å². The summed E-state index contributed by atoms with van der Waals surface area (Å²) in [6, 6.07) is 9.91. The van der Waals surface area contributed by atoms with E-state index in [-0.39, 0.29) is 17.7 Å². The van der Waals surface area contributed by atoms with Gasteiger partial charge >= 0.3 is 5.97 Å². The van der Waals surface area contributed by atoms with Crippen molar-refractivity contribution in [1.29, 1.82) is 0 Å². The van der Waals surface area contributed by atoms with Crippen LogP contribution in [0.5, 0.6) is 0 Å². The van der Waals surface area contributed by atoms with Crippen LogP contribution in [0.2, 0.25) is 0 Å². The lowest BCUT2D eigenvalue weighted by molar-refractivity contribution is -0.142. The van der Waals surface area contributed by atoms with Crippen LogP contribution in [0.3, 0.4) is 0 Å². The normalized spacial score (nSPS) is 12.9. The summed E-state index contributed by atoms with van der Waals surface area (Å²) in [4.78, 5) is 24.6. The Bertz CT molecular complexity index is 794. The smallest absolute Gasteiger partial charge is 0.328 e. The van der Waals surface area contributed by atoms with Crippen LogP contribution in [0.1, 0.15) is 16.8 Å². The summed E-state index contributed by atoms with van der Waals surface area (Å²) >= 11 is 0. The van der Waals surface area contributed by atoms with Gasteiger partial charge in [-0.25, -0.2) is 13.6 Å². The van der Waals surface area contributed by atoms with Gasteiger partial charge in [0.1, 0.15) is 17.7 Å². The first-order valence-corrected chi connectivity index (χ1v) is 9.01. The van der Waals surface area contributed by atoms with Gasteiger partial charge in [-0.3, -0.25) is 9.00 Å². The van der Waals surface area contributed by atoms with E-state index in [1.165, 1.54) is 0 Å². The van der Waals surface area contributed by atoms with Crippen molar-refractivity contribution in [3.8, 4) is 0 Å². The van der Waals surface area contributed by atoms with Crippen LogP contribution in [0, 0.1) is 11.6 Å².